The van der Waals surface area contributed by atoms with E-state index in [0.29, 0.717) is 10.7 Å². The lowest BCUT2D eigenvalue weighted by molar-refractivity contribution is -0.136. The maximum Gasteiger partial charge on any atom is 0.304 e. The molecular weight excluding hydrogens is 278 g/mol. The molecule has 0 aliphatic carbocycles. The van der Waals surface area contributed by atoms with E-state index in [1.165, 1.54) is 0 Å². The molecule has 0 spiro atoms. The normalized spacial score (nSPS) is 11.8. The number of carboxylic acids is 1. The Morgan fingerprint density at radius 2 is 2.00 bits per heavy atom. The summed E-state index contributed by atoms with van der Waals surface area (Å²) in [4.78, 5) is 21.8. The van der Waals surface area contributed by atoms with Crippen molar-refractivity contribution in [2.24, 2.45) is 0 Å². The molecule has 0 saturated carbocycles. The lowest BCUT2D eigenvalue weighted by Crippen LogP contribution is -2.21. The zero-order chi connectivity index (χ0) is 13.5. The van der Waals surface area contributed by atoms with Crippen molar-refractivity contribution in [3.63, 3.8) is 0 Å². The van der Waals surface area contributed by atoms with E-state index in [-0.39, 0.29) is 17.9 Å². The Hall–Kier alpha value is -1.40. The third kappa shape index (κ3) is 5.29. The van der Waals surface area contributed by atoms with Crippen molar-refractivity contribution < 1.29 is 18.9 Å². The van der Waals surface area contributed by atoms with Gasteiger partial charge >= 0.3 is 5.97 Å². The fraction of sp³-hybridized carbons (Fsp3) is 0.273. The zero-order valence-electron chi connectivity index (χ0n) is 9.39. The molecule has 0 saturated heterocycles. The minimum Gasteiger partial charge on any atom is -0.481 e. The summed E-state index contributed by atoms with van der Waals surface area (Å²) in [5.41, 5.74) is 0.444. The highest BCUT2D eigenvalue weighted by atomic mass is 35.5. The number of hydrogen-bond donors (Lipinski definition) is 2. The number of carbonyl (C=O) groups is 2. The molecule has 1 unspecified atom stereocenters. The monoisotopic (exact) mass is 289 g/mol. The average molecular weight is 290 g/mol. The smallest absolute Gasteiger partial charge is 0.304 e. The van der Waals surface area contributed by atoms with Crippen molar-refractivity contribution >= 4 is 40.0 Å². The first-order valence-electron chi connectivity index (χ1n) is 5.10. The topological polar surface area (TPSA) is 83.5 Å². The predicted octanol–water partition coefficient (Wildman–Crippen LogP) is 1.50. The number of para-hydroxylation sites is 1. The molecule has 0 fully saturated rings. The first-order chi connectivity index (χ1) is 8.49. The summed E-state index contributed by atoms with van der Waals surface area (Å²) in [6.45, 7) is 0. The van der Waals surface area contributed by atoms with Crippen LogP contribution in [-0.2, 0) is 20.4 Å². The van der Waals surface area contributed by atoms with Crippen LogP contribution in [-0.4, -0.2) is 32.7 Å². The third-order valence-electron chi connectivity index (χ3n) is 1.98. The van der Waals surface area contributed by atoms with Gasteiger partial charge < -0.3 is 10.4 Å². The molecule has 1 atom stereocenters. The van der Waals surface area contributed by atoms with E-state index in [1.807, 2.05) is 0 Å². The van der Waals surface area contributed by atoms with E-state index in [0.717, 1.165) is 0 Å². The Morgan fingerprint density at radius 3 is 2.61 bits per heavy atom. The molecule has 0 heterocycles. The first kappa shape index (κ1) is 14.7. The second-order valence-corrected chi connectivity index (χ2v) is 5.44. The summed E-state index contributed by atoms with van der Waals surface area (Å²) in [6.07, 6.45) is -0.216. The predicted molar refractivity (Wildman–Crippen MR) is 70.2 cm³/mol. The molecule has 0 bridgehead atoms. The molecule has 2 N–H and O–H groups in total. The van der Waals surface area contributed by atoms with Gasteiger partial charge in [-0.25, -0.2) is 0 Å². The highest BCUT2D eigenvalue weighted by molar-refractivity contribution is 7.85. The van der Waals surface area contributed by atoms with E-state index in [4.69, 9.17) is 16.7 Å². The Morgan fingerprint density at radius 1 is 1.33 bits per heavy atom. The summed E-state index contributed by atoms with van der Waals surface area (Å²) >= 11 is 5.84. The van der Waals surface area contributed by atoms with Crippen LogP contribution in [0.5, 0.6) is 0 Å². The van der Waals surface area contributed by atoms with Crippen molar-refractivity contribution in [3.8, 4) is 0 Å². The fourth-order valence-corrected chi connectivity index (χ4v) is 2.26. The molecule has 0 aliphatic rings. The Bertz CT molecular complexity index is 478. The number of carboxylic acid groups (broad SMARTS) is 1. The van der Waals surface area contributed by atoms with Crippen molar-refractivity contribution in [3.05, 3.63) is 29.3 Å². The van der Waals surface area contributed by atoms with Gasteiger partial charge in [-0.05, 0) is 12.1 Å². The largest absolute Gasteiger partial charge is 0.481 e. The lowest BCUT2D eigenvalue weighted by atomic mass is 10.3. The molecule has 7 heteroatoms. The van der Waals surface area contributed by atoms with Gasteiger partial charge in [0.15, 0.2) is 0 Å². The summed E-state index contributed by atoms with van der Waals surface area (Å²) < 4.78 is 11.4. The molecule has 0 aromatic heterocycles. The molecule has 18 heavy (non-hydrogen) atoms. The van der Waals surface area contributed by atoms with Crippen LogP contribution >= 0.6 is 11.6 Å². The first-order valence-corrected chi connectivity index (χ1v) is 6.97. The van der Waals surface area contributed by atoms with Gasteiger partial charge in [-0.15, -0.1) is 0 Å². The SMILES string of the molecule is O=C(O)CCS(=O)CC(=O)Nc1ccccc1Cl. The van der Waals surface area contributed by atoms with Crippen molar-refractivity contribution in [1.29, 1.82) is 0 Å². The number of benzene rings is 1. The van der Waals surface area contributed by atoms with Gasteiger partial charge in [-0.2, -0.15) is 0 Å². The molecule has 98 valence electrons. The summed E-state index contributed by atoms with van der Waals surface area (Å²) in [5.74, 6) is -1.76. The van der Waals surface area contributed by atoms with Crippen LogP contribution in [0.3, 0.4) is 0 Å². The molecule has 1 aromatic rings. The standard InChI is InChI=1S/C11H12ClNO4S/c12-8-3-1-2-4-9(8)13-10(14)7-18(17)6-5-11(15)16/h1-4H,5-7H2,(H,13,14)(H,15,16). The van der Waals surface area contributed by atoms with Gasteiger partial charge in [-0.3, -0.25) is 13.8 Å². The van der Waals surface area contributed by atoms with Crippen molar-refractivity contribution in [1.82, 2.24) is 0 Å². The van der Waals surface area contributed by atoms with E-state index in [9.17, 15) is 13.8 Å². The molecule has 0 aliphatic heterocycles. The number of halogens is 1. The minimum atomic E-state index is -1.49. The van der Waals surface area contributed by atoms with Gasteiger partial charge in [0, 0.05) is 16.6 Å². The van der Waals surface area contributed by atoms with Crippen LogP contribution < -0.4 is 5.32 Å². The van der Waals surface area contributed by atoms with Crippen LogP contribution in [0.2, 0.25) is 5.02 Å². The van der Waals surface area contributed by atoms with E-state index >= 15 is 0 Å². The minimum absolute atomic E-state index is 0.0364. The highest BCUT2D eigenvalue weighted by Crippen LogP contribution is 2.20. The summed E-state index contributed by atoms with van der Waals surface area (Å²) in [5, 5.41) is 11.3. The second kappa shape index (κ2) is 7.13. The number of nitrogens with one attached hydrogen (secondary N) is 1. The zero-order valence-corrected chi connectivity index (χ0v) is 11.0. The van der Waals surface area contributed by atoms with Gasteiger partial charge in [0.25, 0.3) is 0 Å². The summed E-state index contributed by atoms with van der Waals surface area (Å²) in [6, 6.07) is 6.69. The molecule has 1 aromatic carbocycles. The number of carbonyl (C=O) groups excluding carboxylic acids is 1. The molecule has 5 nitrogen and oxygen atoms in total. The quantitative estimate of drug-likeness (QED) is 0.831. The van der Waals surface area contributed by atoms with Crippen LogP contribution in [0.25, 0.3) is 0 Å². The van der Waals surface area contributed by atoms with Crippen LogP contribution in [0.1, 0.15) is 6.42 Å². The fourth-order valence-electron chi connectivity index (χ4n) is 1.17. The van der Waals surface area contributed by atoms with Gasteiger partial charge in [0.1, 0.15) is 5.75 Å². The van der Waals surface area contributed by atoms with Gasteiger partial charge in [0.05, 0.1) is 17.1 Å². The maximum absolute atomic E-state index is 11.5. The van der Waals surface area contributed by atoms with Crippen LogP contribution in [0.15, 0.2) is 24.3 Å². The number of rotatable bonds is 6. The number of anilines is 1. The van der Waals surface area contributed by atoms with Crippen molar-refractivity contribution in [2.75, 3.05) is 16.8 Å². The van der Waals surface area contributed by atoms with E-state index in [1.54, 1.807) is 24.3 Å². The average Bonchev–Trinajstić information content (AvgIpc) is 2.29. The Labute approximate surface area is 112 Å². The number of amides is 1. The van der Waals surface area contributed by atoms with Crippen LogP contribution in [0.4, 0.5) is 5.69 Å². The molecule has 0 radical (unpaired) electrons. The molecular formula is C11H12ClNO4S. The number of aliphatic carboxylic acids is 1. The highest BCUT2D eigenvalue weighted by Gasteiger charge is 2.11. The lowest BCUT2D eigenvalue weighted by Gasteiger charge is -2.06. The molecule has 1 amide bonds. The maximum atomic E-state index is 11.5. The summed E-state index contributed by atoms with van der Waals surface area (Å²) in [7, 11) is -1.49. The van der Waals surface area contributed by atoms with Gasteiger partial charge in [-0.1, -0.05) is 23.7 Å². The third-order valence-corrected chi connectivity index (χ3v) is 3.56. The Balaban J connectivity index is 2.45. The Kier molecular flexibility index (Phi) is 5.80. The second-order valence-electron chi connectivity index (χ2n) is 3.46. The van der Waals surface area contributed by atoms with Crippen LogP contribution in [0, 0.1) is 0 Å². The molecule has 1 rings (SSSR count). The number of hydrogen-bond acceptors (Lipinski definition) is 3. The van der Waals surface area contributed by atoms with E-state index in [2.05, 4.69) is 5.32 Å². The van der Waals surface area contributed by atoms with Gasteiger partial charge in [0.2, 0.25) is 5.91 Å². The van der Waals surface area contributed by atoms with Crippen molar-refractivity contribution in [2.45, 2.75) is 6.42 Å². The van der Waals surface area contributed by atoms with E-state index < -0.39 is 22.7 Å².